The predicted octanol–water partition coefficient (Wildman–Crippen LogP) is 2.78. The molecule has 0 atom stereocenters. The first kappa shape index (κ1) is 16.0. The molecule has 1 saturated carbocycles. The average Bonchev–Trinajstić information content (AvgIpc) is 2.75. The Morgan fingerprint density at radius 2 is 1.86 bits per heavy atom. The fraction of sp³-hybridized carbons (Fsp3) is 0.588. The molecular weight excluding hydrogens is 267 g/mol. The van der Waals surface area contributed by atoms with Crippen molar-refractivity contribution in [1.82, 2.24) is 5.32 Å². The molecule has 0 unspecified atom stereocenters. The van der Waals surface area contributed by atoms with Gasteiger partial charge in [-0.3, -0.25) is 4.79 Å². The van der Waals surface area contributed by atoms with E-state index < -0.39 is 5.41 Å². The van der Waals surface area contributed by atoms with Crippen molar-refractivity contribution in [3.8, 4) is 0 Å². The Morgan fingerprint density at radius 1 is 1.19 bits per heavy atom. The van der Waals surface area contributed by atoms with E-state index in [0.29, 0.717) is 25.1 Å². The SMILES string of the molecule is NCC1(C(=O)NCCc2ccccc2F)CCCCCC1. The molecule has 3 nitrogen and oxygen atoms in total. The second-order valence-electron chi connectivity index (χ2n) is 6.00. The summed E-state index contributed by atoms with van der Waals surface area (Å²) in [6, 6.07) is 6.69. The number of benzene rings is 1. The minimum absolute atomic E-state index is 0.0447. The van der Waals surface area contributed by atoms with Gasteiger partial charge in [-0.05, 0) is 30.9 Å². The lowest BCUT2D eigenvalue weighted by Crippen LogP contribution is -2.46. The Balaban J connectivity index is 1.89. The summed E-state index contributed by atoms with van der Waals surface area (Å²) >= 11 is 0. The van der Waals surface area contributed by atoms with Gasteiger partial charge in [0.25, 0.3) is 0 Å². The van der Waals surface area contributed by atoms with E-state index in [2.05, 4.69) is 5.32 Å². The number of rotatable bonds is 5. The summed E-state index contributed by atoms with van der Waals surface area (Å²) in [6.45, 7) is 0.861. The highest BCUT2D eigenvalue weighted by Gasteiger charge is 2.36. The molecule has 0 spiro atoms. The third kappa shape index (κ3) is 4.03. The van der Waals surface area contributed by atoms with E-state index in [9.17, 15) is 9.18 Å². The number of nitrogens with two attached hydrogens (primary N) is 1. The van der Waals surface area contributed by atoms with Crippen LogP contribution in [0.2, 0.25) is 0 Å². The molecule has 1 amide bonds. The number of carbonyl (C=O) groups excluding carboxylic acids is 1. The van der Waals surface area contributed by atoms with Crippen LogP contribution in [0, 0.1) is 11.2 Å². The molecule has 1 aromatic carbocycles. The van der Waals surface area contributed by atoms with E-state index in [-0.39, 0.29) is 11.7 Å². The van der Waals surface area contributed by atoms with Crippen molar-refractivity contribution in [3.05, 3.63) is 35.6 Å². The highest BCUT2D eigenvalue weighted by atomic mass is 19.1. The first-order chi connectivity index (χ1) is 10.2. The van der Waals surface area contributed by atoms with Gasteiger partial charge < -0.3 is 11.1 Å². The van der Waals surface area contributed by atoms with Gasteiger partial charge in [0.1, 0.15) is 5.82 Å². The highest BCUT2D eigenvalue weighted by molar-refractivity contribution is 5.82. The van der Waals surface area contributed by atoms with Crippen LogP contribution in [-0.2, 0) is 11.2 Å². The molecule has 0 aromatic heterocycles. The lowest BCUT2D eigenvalue weighted by molar-refractivity contribution is -0.131. The van der Waals surface area contributed by atoms with Crippen LogP contribution in [0.15, 0.2) is 24.3 Å². The normalized spacial score (nSPS) is 18.0. The van der Waals surface area contributed by atoms with Crippen LogP contribution in [0.3, 0.4) is 0 Å². The summed E-state index contributed by atoms with van der Waals surface area (Å²) in [5, 5.41) is 2.96. The zero-order valence-electron chi connectivity index (χ0n) is 12.5. The van der Waals surface area contributed by atoms with Crippen LogP contribution in [0.5, 0.6) is 0 Å². The van der Waals surface area contributed by atoms with Crippen LogP contribution >= 0.6 is 0 Å². The molecule has 4 heteroatoms. The summed E-state index contributed by atoms with van der Waals surface area (Å²) in [5.41, 5.74) is 6.12. The van der Waals surface area contributed by atoms with Gasteiger partial charge in [0.2, 0.25) is 5.91 Å². The standard InChI is InChI=1S/C17H25FN2O/c18-15-8-4-3-7-14(15)9-12-20-16(21)17(13-19)10-5-1-2-6-11-17/h3-4,7-8H,1-2,5-6,9-13,19H2,(H,20,21). The summed E-state index contributed by atoms with van der Waals surface area (Å²) in [6.07, 6.45) is 6.76. The van der Waals surface area contributed by atoms with Crippen LogP contribution in [0.25, 0.3) is 0 Å². The topological polar surface area (TPSA) is 55.1 Å². The molecule has 1 aliphatic carbocycles. The number of hydrogen-bond acceptors (Lipinski definition) is 2. The molecule has 0 aliphatic heterocycles. The molecule has 0 saturated heterocycles. The van der Waals surface area contributed by atoms with Crippen molar-refractivity contribution in [2.75, 3.05) is 13.1 Å². The van der Waals surface area contributed by atoms with E-state index >= 15 is 0 Å². The second-order valence-corrected chi connectivity index (χ2v) is 6.00. The maximum atomic E-state index is 13.5. The Labute approximate surface area is 126 Å². The van der Waals surface area contributed by atoms with Gasteiger partial charge in [0.05, 0.1) is 5.41 Å². The Morgan fingerprint density at radius 3 is 2.48 bits per heavy atom. The first-order valence-corrected chi connectivity index (χ1v) is 7.90. The second kappa shape index (κ2) is 7.55. The van der Waals surface area contributed by atoms with Gasteiger partial charge >= 0.3 is 0 Å². The third-order valence-electron chi connectivity index (χ3n) is 4.57. The summed E-state index contributed by atoms with van der Waals surface area (Å²) in [7, 11) is 0. The quantitative estimate of drug-likeness (QED) is 0.820. The van der Waals surface area contributed by atoms with Gasteiger partial charge in [-0.1, -0.05) is 43.9 Å². The van der Waals surface area contributed by atoms with E-state index in [1.54, 1.807) is 12.1 Å². The minimum Gasteiger partial charge on any atom is -0.355 e. The Kier molecular flexibility index (Phi) is 5.74. The molecule has 1 aliphatic rings. The maximum Gasteiger partial charge on any atom is 0.227 e. The largest absolute Gasteiger partial charge is 0.355 e. The number of carbonyl (C=O) groups is 1. The molecule has 2 rings (SSSR count). The molecule has 1 fully saturated rings. The molecule has 21 heavy (non-hydrogen) atoms. The molecule has 0 bridgehead atoms. The fourth-order valence-corrected chi connectivity index (χ4v) is 3.13. The number of hydrogen-bond donors (Lipinski definition) is 2. The van der Waals surface area contributed by atoms with E-state index in [1.807, 2.05) is 6.07 Å². The van der Waals surface area contributed by atoms with Crippen molar-refractivity contribution >= 4 is 5.91 Å². The van der Waals surface area contributed by atoms with Crippen LogP contribution in [0.1, 0.15) is 44.1 Å². The monoisotopic (exact) mass is 292 g/mol. The van der Waals surface area contributed by atoms with Gasteiger partial charge in [-0.2, -0.15) is 0 Å². The van der Waals surface area contributed by atoms with Gasteiger partial charge in [0.15, 0.2) is 0 Å². The smallest absolute Gasteiger partial charge is 0.227 e. The summed E-state index contributed by atoms with van der Waals surface area (Å²) < 4.78 is 13.5. The molecular formula is C17H25FN2O. The predicted molar refractivity (Wildman–Crippen MR) is 82.3 cm³/mol. The number of amides is 1. The lowest BCUT2D eigenvalue weighted by atomic mass is 9.79. The Hall–Kier alpha value is -1.42. The number of halogens is 1. The highest BCUT2D eigenvalue weighted by Crippen LogP contribution is 2.34. The average molecular weight is 292 g/mol. The molecule has 3 N–H and O–H groups in total. The van der Waals surface area contributed by atoms with E-state index in [0.717, 1.165) is 25.7 Å². The zero-order chi connectivity index (χ0) is 15.1. The van der Waals surface area contributed by atoms with E-state index in [1.165, 1.54) is 18.9 Å². The first-order valence-electron chi connectivity index (χ1n) is 7.90. The van der Waals surface area contributed by atoms with Crippen LogP contribution in [-0.4, -0.2) is 19.0 Å². The van der Waals surface area contributed by atoms with Crippen molar-refractivity contribution in [1.29, 1.82) is 0 Å². The van der Waals surface area contributed by atoms with Gasteiger partial charge in [-0.15, -0.1) is 0 Å². The maximum absolute atomic E-state index is 13.5. The van der Waals surface area contributed by atoms with Crippen molar-refractivity contribution in [2.45, 2.75) is 44.9 Å². The molecule has 116 valence electrons. The summed E-state index contributed by atoms with van der Waals surface area (Å²) in [4.78, 5) is 12.5. The van der Waals surface area contributed by atoms with Crippen LogP contribution in [0.4, 0.5) is 4.39 Å². The number of nitrogens with one attached hydrogen (secondary N) is 1. The van der Waals surface area contributed by atoms with Gasteiger partial charge in [-0.25, -0.2) is 4.39 Å². The van der Waals surface area contributed by atoms with Crippen molar-refractivity contribution in [3.63, 3.8) is 0 Å². The fourth-order valence-electron chi connectivity index (χ4n) is 3.13. The van der Waals surface area contributed by atoms with Crippen LogP contribution < -0.4 is 11.1 Å². The molecule has 0 radical (unpaired) electrons. The minimum atomic E-state index is -0.411. The molecule has 0 heterocycles. The third-order valence-corrected chi connectivity index (χ3v) is 4.57. The lowest BCUT2D eigenvalue weighted by Gasteiger charge is -2.29. The van der Waals surface area contributed by atoms with E-state index in [4.69, 9.17) is 5.73 Å². The summed E-state index contributed by atoms with van der Waals surface area (Å²) in [5.74, 6) is -0.169. The Bertz CT molecular complexity index is 468. The molecule has 1 aromatic rings. The van der Waals surface area contributed by atoms with Crippen molar-refractivity contribution < 1.29 is 9.18 Å². The zero-order valence-corrected chi connectivity index (χ0v) is 12.5. The van der Waals surface area contributed by atoms with Crippen molar-refractivity contribution in [2.24, 2.45) is 11.1 Å². The van der Waals surface area contributed by atoms with Gasteiger partial charge in [0, 0.05) is 13.1 Å².